The molecule has 42 heavy (non-hydrogen) atoms. The summed E-state index contributed by atoms with van der Waals surface area (Å²) in [5.74, 6) is -0.841. The number of amides is 2. The van der Waals surface area contributed by atoms with Crippen LogP contribution in [0.1, 0.15) is 48.8 Å². The van der Waals surface area contributed by atoms with Crippen LogP contribution in [0.15, 0.2) is 47.4 Å². The van der Waals surface area contributed by atoms with Gasteiger partial charge in [-0.2, -0.15) is 26.3 Å². The highest BCUT2D eigenvalue weighted by atomic mass is 127. The quantitative estimate of drug-likeness (QED) is 0.335. The summed E-state index contributed by atoms with van der Waals surface area (Å²) in [7, 11) is -4.43. The van der Waals surface area contributed by atoms with Gasteiger partial charge in [-0.15, -0.1) is 0 Å². The summed E-state index contributed by atoms with van der Waals surface area (Å²) >= 11 is 1.97. The predicted molar refractivity (Wildman–Crippen MR) is 144 cm³/mol. The van der Waals surface area contributed by atoms with Crippen molar-refractivity contribution in [3.05, 3.63) is 62.7 Å². The first-order valence-electron chi connectivity index (χ1n) is 13.0. The highest BCUT2D eigenvalue weighted by Gasteiger charge is 2.74. The first-order chi connectivity index (χ1) is 19.4. The van der Waals surface area contributed by atoms with Crippen LogP contribution >= 0.6 is 22.6 Å². The maximum atomic E-state index is 15.0. The third-order valence-electron chi connectivity index (χ3n) is 8.48. The predicted octanol–water partition coefficient (Wildman–Crippen LogP) is 5.47. The van der Waals surface area contributed by atoms with Gasteiger partial charge in [0.25, 0.3) is 0 Å². The Hall–Kier alpha value is -2.43. The molecule has 1 N–H and O–H groups in total. The summed E-state index contributed by atoms with van der Waals surface area (Å²) < 4.78 is 124. The van der Waals surface area contributed by atoms with Crippen LogP contribution in [0.25, 0.3) is 0 Å². The number of piperidine rings is 1. The van der Waals surface area contributed by atoms with E-state index in [1.807, 2.05) is 22.6 Å². The number of likely N-dealkylation sites (tertiary alicyclic amines) is 1. The average Bonchev–Trinajstić information content (AvgIpc) is 3.32. The summed E-state index contributed by atoms with van der Waals surface area (Å²) in [5, 5.41) is 2.61. The van der Waals surface area contributed by atoms with Crippen LogP contribution in [0.3, 0.4) is 0 Å². The first-order valence-corrected chi connectivity index (χ1v) is 15.6. The molecule has 6 nitrogen and oxygen atoms in total. The van der Waals surface area contributed by atoms with Crippen molar-refractivity contribution in [2.24, 2.45) is 0 Å². The summed E-state index contributed by atoms with van der Waals surface area (Å²) in [6.07, 6.45) is -12.2. The lowest BCUT2D eigenvalue weighted by atomic mass is 9.76. The Morgan fingerprint density at radius 2 is 1.60 bits per heavy atom. The molecule has 0 radical (unpaired) electrons. The van der Waals surface area contributed by atoms with Crippen molar-refractivity contribution in [2.45, 2.75) is 78.3 Å². The molecule has 0 aromatic heterocycles. The monoisotopic (exact) mass is 732 g/mol. The summed E-state index contributed by atoms with van der Waals surface area (Å²) in [6.45, 7) is -0.0845. The van der Waals surface area contributed by atoms with E-state index in [1.165, 1.54) is 29.2 Å². The first kappa shape index (κ1) is 31.0. The molecule has 0 spiro atoms. The molecular formula is C27H24F7IN2O4S. The second-order valence-corrected chi connectivity index (χ2v) is 14.2. The molecule has 0 unspecified atom stereocenters. The fourth-order valence-electron chi connectivity index (χ4n) is 6.51. The third kappa shape index (κ3) is 4.59. The minimum Gasteiger partial charge on any atom is -0.344 e. The Morgan fingerprint density at radius 3 is 2.19 bits per heavy atom. The molecule has 3 aliphatic rings. The average molecular weight is 732 g/mol. The number of nitrogens with zero attached hydrogens (tertiary/aromatic N) is 1. The minimum atomic E-state index is -6.33. The fraction of sp³-hybridized carbons (Fsp3) is 0.481. The van der Waals surface area contributed by atoms with E-state index in [-0.39, 0.29) is 54.2 Å². The number of carbonyl (C=O) groups is 2. The standard InChI is InChI=1S/C27H24F7IN2O4S/c28-25(26(29,30)31,27(32,33)34)16-5-10-19-15(14-16)4-11-21-24(19,42(40,41)18-8-6-17(35)7-9-18)12-13-37(21)23(39)20-2-1-3-22(38)36-20/h5-10,14,20-21H,1-4,11-13H2,(H,36,38)/t20-,21+,24+/m0/s1. The number of alkyl halides is 7. The summed E-state index contributed by atoms with van der Waals surface area (Å²) in [5.41, 5.74) is -7.62. The Balaban J connectivity index is 1.67. The molecule has 2 aromatic carbocycles. The van der Waals surface area contributed by atoms with E-state index < -0.39 is 56.2 Å². The van der Waals surface area contributed by atoms with Crippen molar-refractivity contribution in [3.63, 3.8) is 0 Å². The zero-order chi connectivity index (χ0) is 30.9. The number of rotatable bonds is 4. The zero-order valence-electron chi connectivity index (χ0n) is 21.7. The number of nitrogens with one attached hydrogen (secondary N) is 1. The number of hydrogen-bond acceptors (Lipinski definition) is 4. The van der Waals surface area contributed by atoms with Crippen molar-refractivity contribution in [3.8, 4) is 0 Å². The number of aryl methyl sites for hydroxylation is 1. The minimum absolute atomic E-state index is 0.0734. The molecule has 2 fully saturated rings. The van der Waals surface area contributed by atoms with Crippen LogP contribution in [0.5, 0.6) is 0 Å². The molecule has 2 aromatic rings. The van der Waals surface area contributed by atoms with Gasteiger partial charge in [0, 0.05) is 22.1 Å². The van der Waals surface area contributed by atoms with E-state index >= 15 is 0 Å². The molecule has 2 amide bonds. The number of hydrogen-bond donors (Lipinski definition) is 1. The number of fused-ring (bicyclic) bond motifs is 3. The second kappa shape index (κ2) is 10.3. The molecular weight excluding hydrogens is 708 g/mol. The topological polar surface area (TPSA) is 83.6 Å². The smallest absolute Gasteiger partial charge is 0.344 e. The van der Waals surface area contributed by atoms with Crippen molar-refractivity contribution >= 4 is 44.2 Å². The molecule has 15 heteroatoms. The van der Waals surface area contributed by atoms with Gasteiger partial charge in [0.2, 0.25) is 11.8 Å². The fourth-order valence-corrected chi connectivity index (χ4v) is 9.24. The Morgan fingerprint density at radius 1 is 0.952 bits per heavy atom. The van der Waals surface area contributed by atoms with Crippen molar-refractivity contribution < 1.29 is 48.7 Å². The Bertz CT molecular complexity index is 1510. The van der Waals surface area contributed by atoms with Crippen molar-refractivity contribution in [2.75, 3.05) is 6.54 Å². The van der Waals surface area contributed by atoms with E-state index in [1.54, 1.807) is 0 Å². The van der Waals surface area contributed by atoms with Gasteiger partial charge >= 0.3 is 18.0 Å². The van der Waals surface area contributed by atoms with Gasteiger partial charge in [-0.1, -0.05) is 18.2 Å². The lowest BCUT2D eigenvalue weighted by molar-refractivity contribution is -0.348. The summed E-state index contributed by atoms with van der Waals surface area (Å²) in [6, 6.07) is 5.43. The van der Waals surface area contributed by atoms with Crippen LogP contribution < -0.4 is 5.32 Å². The number of halogens is 8. The maximum absolute atomic E-state index is 15.0. The highest BCUT2D eigenvalue weighted by molar-refractivity contribution is 14.1. The molecule has 0 bridgehead atoms. The maximum Gasteiger partial charge on any atom is 0.435 e. The number of sulfone groups is 1. The third-order valence-corrected chi connectivity index (χ3v) is 11.7. The Labute approximate surface area is 250 Å². The molecule has 5 rings (SSSR count). The van der Waals surface area contributed by atoms with Crippen LogP contribution in [0.2, 0.25) is 0 Å². The van der Waals surface area contributed by atoms with Crippen LogP contribution in [-0.4, -0.2) is 56.1 Å². The SMILES string of the molecule is O=C1CCC[C@@H](C(=O)N2CC[C@@]3(S(=O)(=O)c4ccc(I)cc4)c4ccc(C(F)(C(F)(F)F)C(F)(F)F)cc4CC[C@@H]23)N1. The lowest BCUT2D eigenvalue weighted by Crippen LogP contribution is -2.57. The van der Waals surface area contributed by atoms with Crippen molar-refractivity contribution in [1.82, 2.24) is 10.2 Å². The number of benzene rings is 2. The number of carbonyl (C=O) groups excluding carboxylic acids is 2. The van der Waals surface area contributed by atoms with Gasteiger partial charge in [-0.05, 0) is 90.1 Å². The van der Waals surface area contributed by atoms with Crippen molar-refractivity contribution in [1.29, 1.82) is 0 Å². The highest BCUT2D eigenvalue weighted by Crippen LogP contribution is 2.56. The van der Waals surface area contributed by atoms with E-state index in [0.29, 0.717) is 28.5 Å². The molecule has 2 saturated heterocycles. The van der Waals surface area contributed by atoms with E-state index in [4.69, 9.17) is 0 Å². The lowest BCUT2D eigenvalue weighted by Gasteiger charge is -2.43. The largest absolute Gasteiger partial charge is 0.435 e. The molecule has 3 atom stereocenters. The van der Waals surface area contributed by atoms with E-state index in [2.05, 4.69) is 5.32 Å². The van der Waals surface area contributed by atoms with Gasteiger partial charge in [0.15, 0.2) is 9.84 Å². The van der Waals surface area contributed by atoms with Gasteiger partial charge in [0.05, 0.1) is 10.9 Å². The molecule has 2 heterocycles. The second-order valence-electron chi connectivity index (χ2n) is 10.7. The van der Waals surface area contributed by atoms with Crippen LogP contribution in [0.4, 0.5) is 30.7 Å². The normalized spacial score (nSPS) is 25.0. The Kier molecular flexibility index (Phi) is 7.63. The zero-order valence-corrected chi connectivity index (χ0v) is 24.6. The van der Waals surface area contributed by atoms with E-state index in [9.17, 15) is 48.7 Å². The van der Waals surface area contributed by atoms with Gasteiger partial charge in [0.1, 0.15) is 10.8 Å². The van der Waals surface area contributed by atoms with Gasteiger partial charge in [-0.3, -0.25) is 9.59 Å². The molecule has 0 saturated carbocycles. The van der Waals surface area contributed by atoms with Gasteiger partial charge < -0.3 is 10.2 Å². The summed E-state index contributed by atoms with van der Waals surface area (Å²) in [4.78, 5) is 26.8. The molecule has 228 valence electrons. The van der Waals surface area contributed by atoms with Crippen LogP contribution in [-0.2, 0) is 36.3 Å². The van der Waals surface area contributed by atoms with Gasteiger partial charge in [-0.25, -0.2) is 12.8 Å². The van der Waals surface area contributed by atoms with E-state index in [0.717, 1.165) is 6.07 Å². The molecule has 1 aliphatic carbocycles. The molecule has 2 aliphatic heterocycles. The van der Waals surface area contributed by atoms with Crippen LogP contribution in [0, 0.1) is 3.57 Å².